The minimum atomic E-state index is 0.0505. The third kappa shape index (κ3) is 4.26. The molecule has 0 saturated heterocycles. The zero-order valence-corrected chi connectivity index (χ0v) is 12.9. The van der Waals surface area contributed by atoms with E-state index in [0.29, 0.717) is 12.5 Å². The van der Waals surface area contributed by atoms with Gasteiger partial charge in [0.25, 0.3) is 0 Å². The summed E-state index contributed by atoms with van der Waals surface area (Å²) in [5, 5.41) is 7.30. The van der Waals surface area contributed by atoms with Crippen molar-refractivity contribution in [3.63, 3.8) is 0 Å². The highest BCUT2D eigenvalue weighted by Gasteiger charge is 2.07. The second kappa shape index (κ2) is 7.18. The summed E-state index contributed by atoms with van der Waals surface area (Å²) in [6.07, 6.45) is 3.14. The maximum absolute atomic E-state index is 12.0. The van der Waals surface area contributed by atoms with Gasteiger partial charge in [-0.15, -0.1) is 0 Å². The predicted molar refractivity (Wildman–Crippen MR) is 87.5 cm³/mol. The van der Waals surface area contributed by atoms with Crippen LogP contribution >= 0.6 is 0 Å². The van der Waals surface area contributed by atoms with Gasteiger partial charge in [-0.05, 0) is 43.7 Å². The van der Waals surface area contributed by atoms with Crippen LogP contribution in [-0.4, -0.2) is 23.5 Å². The van der Waals surface area contributed by atoms with Crippen LogP contribution < -0.4 is 10.6 Å². The van der Waals surface area contributed by atoms with E-state index in [1.807, 2.05) is 31.2 Å². The standard InChI is InChI=1S/C17H23N3O/c1-12(2)18-10-5-7-16(21)20-15-9-8-13(3)17-14(15)6-4-11-19-17/h4,6,8-9,11-12,18H,5,7,10H2,1-3H3,(H,20,21). The van der Waals surface area contributed by atoms with Crippen LogP contribution in [0.1, 0.15) is 32.3 Å². The molecule has 21 heavy (non-hydrogen) atoms. The number of carbonyl (C=O) groups excluding carboxylic acids is 1. The van der Waals surface area contributed by atoms with Gasteiger partial charge in [0.1, 0.15) is 0 Å². The summed E-state index contributed by atoms with van der Waals surface area (Å²) in [4.78, 5) is 16.4. The molecule has 0 unspecified atom stereocenters. The Morgan fingerprint density at radius 1 is 1.29 bits per heavy atom. The number of pyridine rings is 1. The van der Waals surface area contributed by atoms with E-state index in [1.165, 1.54) is 0 Å². The molecule has 0 bridgehead atoms. The number of fused-ring (bicyclic) bond motifs is 1. The number of amides is 1. The molecule has 2 N–H and O–H groups in total. The van der Waals surface area contributed by atoms with Gasteiger partial charge >= 0.3 is 0 Å². The van der Waals surface area contributed by atoms with Crippen molar-refractivity contribution in [2.45, 2.75) is 39.7 Å². The van der Waals surface area contributed by atoms with Gasteiger partial charge in [-0.1, -0.05) is 19.9 Å². The topological polar surface area (TPSA) is 54.0 Å². The molecule has 2 rings (SSSR count). The van der Waals surface area contributed by atoms with Gasteiger partial charge in [0.2, 0.25) is 5.91 Å². The molecule has 0 aliphatic heterocycles. The van der Waals surface area contributed by atoms with Crippen molar-refractivity contribution in [1.82, 2.24) is 10.3 Å². The SMILES string of the molecule is Cc1ccc(NC(=O)CCCNC(C)C)c2cccnc12. The molecule has 0 aliphatic carbocycles. The lowest BCUT2D eigenvalue weighted by Gasteiger charge is -2.11. The van der Waals surface area contributed by atoms with Crippen molar-refractivity contribution < 1.29 is 4.79 Å². The minimum Gasteiger partial charge on any atom is -0.325 e. The number of hydrogen-bond donors (Lipinski definition) is 2. The second-order valence-electron chi connectivity index (χ2n) is 5.59. The number of aryl methyl sites for hydroxylation is 1. The lowest BCUT2D eigenvalue weighted by molar-refractivity contribution is -0.116. The molecular weight excluding hydrogens is 262 g/mol. The first-order valence-corrected chi connectivity index (χ1v) is 7.45. The Labute approximate surface area is 126 Å². The fourth-order valence-corrected chi connectivity index (χ4v) is 2.28. The van der Waals surface area contributed by atoms with E-state index in [2.05, 4.69) is 29.5 Å². The van der Waals surface area contributed by atoms with E-state index >= 15 is 0 Å². The van der Waals surface area contributed by atoms with E-state index in [9.17, 15) is 4.79 Å². The normalized spacial score (nSPS) is 11.0. The first-order chi connectivity index (χ1) is 10.1. The summed E-state index contributed by atoms with van der Waals surface area (Å²) in [5.41, 5.74) is 2.90. The number of carbonyl (C=O) groups is 1. The Morgan fingerprint density at radius 3 is 2.86 bits per heavy atom. The summed E-state index contributed by atoms with van der Waals surface area (Å²) in [6.45, 7) is 7.09. The Kier molecular flexibility index (Phi) is 5.28. The molecule has 4 heteroatoms. The van der Waals surface area contributed by atoms with Crippen molar-refractivity contribution in [1.29, 1.82) is 0 Å². The monoisotopic (exact) mass is 285 g/mol. The molecule has 1 aromatic carbocycles. The summed E-state index contributed by atoms with van der Waals surface area (Å²) in [6, 6.07) is 8.28. The van der Waals surface area contributed by atoms with Crippen LogP contribution in [-0.2, 0) is 4.79 Å². The highest BCUT2D eigenvalue weighted by atomic mass is 16.1. The highest BCUT2D eigenvalue weighted by Crippen LogP contribution is 2.24. The number of benzene rings is 1. The molecule has 1 heterocycles. The quantitative estimate of drug-likeness (QED) is 0.801. The van der Waals surface area contributed by atoms with E-state index in [1.54, 1.807) is 6.20 Å². The Bertz CT molecular complexity index is 622. The molecule has 0 saturated carbocycles. The smallest absolute Gasteiger partial charge is 0.224 e. The molecular formula is C17H23N3O. The largest absolute Gasteiger partial charge is 0.325 e. The van der Waals surface area contributed by atoms with Crippen molar-refractivity contribution in [3.8, 4) is 0 Å². The van der Waals surface area contributed by atoms with E-state index in [0.717, 1.165) is 35.1 Å². The van der Waals surface area contributed by atoms with Crippen LogP contribution in [0.5, 0.6) is 0 Å². The summed E-state index contributed by atoms with van der Waals surface area (Å²) in [7, 11) is 0. The lowest BCUT2D eigenvalue weighted by atomic mass is 10.1. The Balaban J connectivity index is 2.00. The van der Waals surface area contributed by atoms with E-state index < -0.39 is 0 Å². The molecule has 1 amide bonds. The van der Waals surface area contributed by atoms with Gasteiger partial charge < -0.3 is 10.6 Å². The highest BCUT2D eigenvalue weighted by molar-refractivity contribution is 6.01. The number of hydrogen-bond acceptors (Lipinski definition) is 3. The number of aromatic nitrogens is 1. The summed E-state index contributed by atoms with van der Waals surface area (Å²) >= 11 is 0. The zero-order chi connectivity index (χ0) is 15.2. The lowest BCUT2D eigenvalue weighted by Crippen LogP contribution is -2.24. The number of rotatable bonds is 6. The van der Waals surface area contributed by atoms with Crippen molar-refractivity contribution in [2.24, 2.45) is 0 Å². The summed E-state index contributed by atoms with van der Waals surface area (Å²) < 4.78 is 0. The maximum Gasteiger partial charge on any atom is 0.224 e. The Morgan fingerprint density at radius 2 is 2.10 bits per heavy atom. The van der Waals surface area contributed by atoms with Crippen LogP contribution in [0.25, 0.3) is 10.9 Å². The number of nitrogens with one attached hydrogen (secondary N) is 2. The Hall–Kier alpha value is -1.94. The first-order valence-electron chi connectivity index (χ1n) is 7.45. The van der Waals surface area contributed by atoms with Gasteiger partial charge in [0.05, 0.1) is 11.2 Å². The molecule has 0 aliphatic rings. The molecule has 2 aromatic rings. The minimum absolute atomic E-state index is 0.0505. The third-order valence-electron chi connectivity index (χ3n) is 3.38. The van der Waals surface area contributed by atoms with Crippen LogP contribution in [0.3, 0.4) is 0 Å². The van der Waals surface area contributed by atoms with Gasteiger partial charge in [-0.3, -0.25) is 9.78 Å². The first kappa shape index (κ1) is 15.4. The fraction of sp³-hybridized carbons (Fsp3) is 0.412. The van der Waals surface area contributed by atoms with Crippen molar-refractivity contribution in [3.05, 3.63) is 36.0 Å². The van der Waals surface area contributed by atoms with Gasteiger partial charge in [-0.2, -0.15) is 0 Å². The van der Waals surface area contributed by atoms with Crippen LogP contribution in [0.4, 0.5) is 5.69 Å². The fourth-order valence-electron chi connectivity index (χ4n) is 2.28. The molecule has 0 radical (unpaired) electrons. The van der Waals surface area contributed by atoms with E-state index in [-0.39, 0.29) is 5.91 Å². The van der Waals surface area contributed by atoms with Crippen LogP contribution in [0.15, 0.2) is 30.5 Å². The average Bonchev–Trinajstić information content (AvgIpc) is 2.47. The third-order valence-corrected chi connectivity index (χ3v) is 3.38. The molecule has 0 atom stereocenters. The van der Waals surface area contributed by atoms with Crippen molar-refractivity contribution >= 4 is 22.5 Å². The molecule has 0 spiro atoms. The van der Waals surface area contributed by atoms with Crippen LogP contribution in [0.2, 0.25) is 0 Å². The van der Waals surface area contributed by atoms with Crippen molar-refractivity contribution in [2.75, 3.05) is 11.9 Å². The average molecular weight is 285 g/mol. The van der Waals surface area contributed by atoms with Gasteiger partial charge in [0.15, 0.2) is 0 Å². The molecule has 4 nitrogen and oxygen atoms in total. The van der Waals surface area contributed by atoms with E-state index in [4.69, 9.17) is 0 Å². The molecule has 0 fully saturated rings. The predicted octanol–water partition coefficient (Wildman–Crippen LogP) is 3.26. The second-order valence-corrected chi connectivity index (χ2v) is 5.59. The molecule has 112 valence electrons. The van der Waals surface area contributed by atoms with Crippen LogP contribution in [0, 0.1) is 6.92 Å². The molecule has 1 aromatic heterocycles. The number of nitrogens with zero attached hydrogens (tertiary/aromatic N) is 1. The van der Waals surface area contributed by atoms with Gasteiger partial charge in [-0.25, -0.2) is 0 Å². The number of anilines is 1. The summed E-state index contributed by atoms with van der Waals surface area (Å²) in [5.74, 6) is 0.0505. The van der Waals surface area contributed by atoms with Gasteiger partial charge in [0, 0.05) is 24.0 Å². The zero-order valence-electron chi connectivity index (χ0n) is 12.9. The maximum atomic E-state index is 12.0.